The van der Waals surface area contributed by atoms with Crippen LogP contribution in [0.5, 0.6) is 11.5 Å². The second-order valence-corrected chi connectivity index (χ2v) is 10.5. The average molecular weight is 490 g/mol. The lowest BCUT2D eigenvalue weighted by atomic mass is 9.99. The number of sulfonamides is 1. The van der Waals surface area contributed by atoms with E-state index in [1.165, 1.54) is 12.1 Å². The number of aliphatic hydroxyl groups is 1. The van der Waals surface area contributed by atoms with Gasteiger partial charge in [0.1, 0.15) is 17.8 Å². The summed E-state index contributed by atoms with van der Waals surface area (Å²) >= 11 is 0. The first-order valence-electron chi connectivity index (χ1n) is 10.7. The number of aromatic hydroxyl groups is 1. The van der Waals surface area contributed by atoms with Crippen molar-refractivity contribution in [3.05, 3.63) is 54.4 Å². The zero-order valence-corrected chi connectivity index (χ0v) is 20.5. The van der Waals surface area contributed by atoms with Crippen molar-refractivity contribution in [2.45, 2.75) is 38.5 Å². The summed E-state index contributed by atoms with van der Waals surface area (Å²) in [5.41, 5.74) is 1.08. The van der Waals surface area contributed by atoms with Gasteiger partial charge in [0.15, 0.2) is 5.82 Å². The van der Waals surface area contributed by atoms with Crippen molar-refractivity contribution in [3.8, 4) is 22.9 Å². The van der Waals surface area contributed by atoms with Crippen LogP contribution in [0.15, 0.2) is 48.8 Å². The fourth-order valence-corrected chi connectivity index (χ4v) is 3.85. The maximum atomic E-state index is 11.5. The van der Waals surface area contributed by atoms with Crippen LogP contribution in [0, 0.1) is 0 Å². The van der Waals surface area contributed by atoms with Crippen molar-refractivity contribution >= 4 is 15.7 Å². The molecule has 0 aliphatic heterocycles. The van der Waals surface area contributed by atoms with Gasteiger partial charge in [-0.15, -0.1) is 0 Å². The summed E-state index contributed by atoms with van der Waals surface area (Å²) in [7, 11) is -1.94. The fraction of sp³-hybridized carbons (Fsp3) is 0.391. The molecule has 3 aromatic rings. The van der Waals surface area contributed by atoms with Gasteiger partial charge in [-0.25, -0.2) is 13.4 Å². The third kappa shape index (κ3) is 7.17. The third-order valence-corrected chi connectivity index (χ3v) is 5.92. The molecule has 11 heteroatoms. The van der Waals surface area contributed by atoms with Crippen LogP contribution in [-0.2, 0) is 16.6 Å². The minimum atomic E-state index is -3.56. The van der Waals surface area contributed by atoms with E-state index >= 15 is 0 Å². The number of phenolic OH excluding ortho intramolecular Hbond substituents is 1. The normalized spacial score (nSPS) is 13.0. The standard InChI is InChI=1S/C23H31N5O5S/c1-23(2,11-12-28-15-24-22(26-28)16-5-8-18(33-3)9-6-16)25-14-21(30)17-7-10-20(29)19(13-17)27-34(4,31)32/h5-10,13,15,21,25,27,29-30H,11-12,14H2,1-4H3. The molecule has 0 amide bonds. The van der Waals surface area contributed by atoms with Crippen LogP contribution in [0.4, 0.5) is 5.69 Å². The van der Waals surface area contributed by atoms with E-state index < -0.39 is 16.1 Å². The summed E-state index contributed by atoms with van der Waals surface area (Å²) < 4.78 is 32.1. The van der Waals surface area contributed by atoms with E-state index in [0.717, 1.165) is 24.0 Å². The number of aliphatic hydroxyl groups excluding tert-OH is 1. The van der Waals surface area contributed by atoms with Crippen molar-refractivity contribution in [3.63, 3.8) is 0 Å². The molecule has 0 aliphatic carbocycles. The highest BCUT2D eigenvalue weighted by molar-refractivity contribution is 7.92. The fourth-order valence-electron chi connectivity index (χ4n) is 3.29. The molecule has 2 aromatic carbocycles. The minimum absolute atomic E-state index is 0.0251. The maximum Gasteiger partial charge on any atom is 0.229 e. The smallest absolute Gasteiger partial charge is 0.229 e. The Morgan fingerprint density at radius 1 is 1.18 bits per heavy atom. The first-order valence-corrected chi connectivity index (χ1v) is 12.6. The zero-order valence-electron chi connectivity index (χ0n) is 19.7. The summed E-state index contributed by atoms with van der Waals surface area (Å²) in [5, 5.41) is 28.3. The van der Waals surface area contributed by atoms with Crippen molar-refractivity contribution in [2.75, 3.05) is 24.6 Å². The second kappa shape index (κ2) is 10.4. The molecule has 34 heavy (non-hydrogen) atoms. The van der Waals surface area contributed by atoms with E-state index in [-0.39, 0.29) is 23.5 Å². The highest BCUT2D eigenvalue weighted by atomic mass is 32.2. The molecule has 1 atom stereocenters. The summed E-state index contributed by atoms with van der Waals surface area (Å²) in [6, 6.07) is 11.9. The van der Waals surface area contributed by atoms with E-state index in [1.54, 1.807) is 24.2 Å². The second-order valence-electron chi connectivity index (χ2n) is 8.74. The predicted molar refractivity (Wildman–Crippen MR) is 130 cm³/mol. The number of anilines is 1. The van der Waals surface area contributed by atoms with E-state index in [2.05, 4.69) is 20.1 Å². The van der Waals surface area contributed by atoms with Crippen molar-refractivity contribution in [1.29, 1.82) is 0 Å². The molecule has 1 aromatic heterocycles. The molecule has 184 valence electrons. The molecule has 3 rings (SSSR count). The molecule has 0 saturated heterocycles. The molecule has 0 bridgehead atoms. The number of aromatic nitrogens is 3. The van der Waals surface area contributed by atoms with E-state index in [9.17, 15) is 18.6 Å². The molecular weight excluding hydrogens is 458 g/mol. The minimum Gasteiger partial charge on any atom is -0.506 e. The van der Waals surface area contributed by atoms with Gasteiger partial charge in [0.05, 0.1) is 25.2 Å². The number of nitrogens with one attached hydrogen (secondary N) is 2. The van der Waals surface area contributed by atoms with Crippen molar-refractivity contribution in [2.24, 2.45) is 0 Å². The monoisotopic (exact) mass is 489 g/mol. The van der Waals surface area contributed by atoms with Gasteiger partial charge in [-0.05, 0) is 62.2 Å². The van der Waals surface area contributed by atoms with Gasteiger partial charge in [-0.2, -0.15) is 5.10 Å². The summed E-state index contributed by atoms with van der Waals surface area (Å²) in [4.78, 5) is 4.38. The predicted octanol–water partition coefficient (Wildman–Crippen LogP) is 2.52. The Balaban J connectivity index is 1.55. The van der Waals surface area contributed by atoms with Gasteiger partial charge in [0, 0.05) is 24.2 Å². The molecule has 1 unspecified atom stereocenters. The van der Waals surface area contributed by atoms with Crippen LogP contribution in [0.2, 0.25) is 0 Å². The number of ether oxygens (including phenoxy) is 1. The Bertz CT molecular complexity index is 1210. The number of phenols is 1. The first-order chi connectivity index (χ1) is 16.0. The Hall–Kier alpha value is -3.15. The first kappa shape index (κ1) is 25.5. The molecule has 0 aliphatic rings. The molecule has 0 spiro atoms. The molecule has 0 saturated carbocycles. The van der Waals surface area contributed by atoms with E-state index in [1.807, 2.05) is 38.1 Å². The van der Waals surface area contributed by atoms with Gasteiger partial charge in [0.25, 0.3) is 0 Å². The zero-order chi connectivity index (χ0) is 24.9. The summed E-state index contributed by atoms with van der Waals surface area (Å²) in [6.07, 6.45) is 2.51. The van der Waals surface area contributed by atoms with Gasteiger partial charge in [-0.3, -0.25) is 9.40 Å². The molecule has 4 N–H and O–H groups in total. The number of hydrogen-bond acceptors (Lipinski definition) is 8. The van der Waals surface area contributed by atoms with Crippen LogP contribution in [-0.4, -0.2) is 58.8 Å². The van der Waals surface area contributed by atoms with Crippen LogP contribution >= 0.6 is 0 Å². The van der Waals surface area contributed by atoms with Crippen LogP contribution in [0.25, 0.3) is 11.4 Å². The third-order valence-electron chi connectivity index (χ3n) is 5.33. The number of methoxy groups -OCH3 is 1. The van der Waals surface area contributed by atoms with Crippen LogP contribution < -0.4 is 14.8 Å². The number of nitrogens with zero attached hydrogens (tertiary/aromatic N) is 3. The van der Waals surface area contributed by atoms with Crippen LogP contribution in [0.1, 0.15) is 31.9 Å². The SMILES string of the molecule is COc1ccc(-c2ncn(CCC(C)(C)NCC(O)c3ccc(O)c(NS(C)(=O)=O)c3)n2)cc1. The maximum absolute atomic E-state index is 11.5. The molecular formula is C23H31N5O5S. The van der Waals surface area contributed by atoms with Gasteiger partial charge in [-0.1, -0.05) is 6.07 Å². The van der Waals surface area contributed by atoms with E-state index in [4.69, 9.17) is 4.74 Å². The number of benzene rings is 2. The highest BCUT2D eigenvalue weighted by Gasteiger charge is 2.20. The quantitative estimate of drug-likeness (QED) is 0.301. The largest absolute Gasteiger partial charge is 0.506 e. The topological polar surface area (TPSA) is 139 Å². The van der Waals surface area contributed by atoms with Gasteiger partial charge < -0.3 is 20.3 Å². The molecule has 0 fully saturated rings. The van der Waals surface area contributed by atoms with Gasteiger partial charge in [0.2, 0.25) is 10.0 Å². The van der Waals surface area contributed by atoms with Crippen molar-refractivity contribution < 1.29 is 23.4 Å². The number of rotatable bonds is 11. The number of aryl methyl sites for hydroxylation is 1. The van der Waals surface area contributed by atoms with Gasteiger partial charge >= 0.3 is 0 Å². The lowest BCUT2D eigenvalue weighted by Gasteiger charge is -2.28. The Morgan fingerprint density at radius 2 is 1.88 bits per heavy atom. The summed E-state index contributed by atoms with van der Waals surface area (Å²) in [5.74, 6) is 1.19. The Morgan fingerprint density at radius 3 is 2.53 bits per heavy atom. The van der Waals surface area contributed by atoms with Crippen LogP contribution in [0.3, 0.4) is 0 Å². The average Bonchev–Trinajstić information content (AvgIpc) is 3.26. The lowest BCUT2D eigenvalue weighted by Crippen LogP contribution is -2.42. The summed E-state index contributed by atoms with van der Waals surface area (Å²) in [6.45, 7) is 4.91. The highest BCUT2D eigenvalue weighted by Crippen LogP contribution is 2.28. The molecule has 1 heterocycles. The van der Waals surface area contributed by atoms with Crippen molar-refractivity contribution in [1.82, 2.24) is 20.1 Å². The van der Waals surface area contributed by atoms with E-state index in [0.29, 0.717) is 17.9 Å². The molecule has 0 radical (unpaired) electrons. The number of hydrogen-bond donors (Lipinski definition) is 4. The Labute approximate surface area is 199 Å². The molecule has 10 nitrogen and oxygen atoms in total. The lowest BCUT2D eigenvalue weighted by molar-refractivity contribution is 0.158. The number of β-amino-alcohol motifs (C(OH)–C–C–N with tert-alkyl or cyclic N) is 1. The Kier molecular flexibility index (Phi) is 7.80.